The molecule has 1 aromatic heterocycles. The number of tetrazole rings is 1. The molecule has 148 valence electrons. The fourth-order valence-corrected chi connectivity index (χ4v) is 4.02. The van der Waals surface area contributed by atoms with Gasteiger partial charge in [0.25, 0.3) is 0 Å². The molecule has 1 unspecified atom stereocenters. The zero-order chi connectivity index (χ0) is 19.3. The molecule has 0 spiro atoms. The van der Waals surface area contributed by atoms with Crippen molar-refractivity contribution in [3.8, 4) is 17.2 Å². The van der Waals surface area contributed by atoms with Gasteiger partial charge >= 0.3 is 0 Å². The third-order valence-corrected chi connectivity index (χ3v) is 5.48. The highest BCUT2D eigenvalue weighted by Gasteiger charge is 2.26. The Morgan fingerprint density at radius 1 is 1.26 bits per heavy atom. The topological polar surface area (TPSA) is 117 Å². The molecule has 0 saturated carbocycles. The van der Waals surface area contributed by atoms with E-state index in [1.54, 1.807) is 13.0 Å². The van der Waals surface area contributed by atoms with Crippen LogP contribution in [0.2, 0.25) is 0 Å². The van der Waals surface area contributed by atoms with Crippen LogP contribution in [0.1, 0.15) is 26.7 Å². The first-order valence-electron chi connectivity index (χ1n) is 8.83. The molecule has 1 saturated heterocycles. The van der Waals surface area contributed by atoms with Crippen LogP contribution in [-0.2, 0) is 14.8 Å². The Bertz CT molecular complexity index is 850. The number of benzene rings is 1. The van der Waals surface area contributed by atoms with Gasteiger partial charge in [-0.3, -0.25) is 0 Å². The second kappa shape index (κ2) is 8.63. The van der Waals surface area contributed by atoms with Crippen molar-refractivity contribution in [3.63, 3.8) is 0 Å². The van der Waals surface area contributed by atoms with Crippen LogP contribution in [-0.4, -0.2) is 61.1 Å². The van der Waals surface area contributed by atoms with Gasteiger partial charge in [-0.05, 0) is 37.1 Å². The minimum atomic E-state index is -3.82. The lowest BCUT2D eigenvalue weighted by molar-refractivity contribution is 0.114. The van der Waals surface area contributed by atoms with E-state index in [2.05, 4.69) is 20.2 Å². The van der Waals surface area contributed by atoms with Crippen molar-refractivity contribution in [3.05, 3.63) is 18.5 Å². The lowest BCUT2D eigenvalue weighted by atomic mass is 10.2. The van der Waals surface area contributed by atoms with Crippen LogP contribution in [0.15, 0.2) is 23.4 Å². The quantitative estimate of drug-likeness (QED) is 0.664. The van der Waals surface area contributed by atoms with Crippen LogP contribution >= 0.6 is 0 Å². The summed E-state index contributed by atoms with van der Waals surface area (Å²) in [4.78, 5) is 0.00243. The van der Waals surface area contributed by atoms with Gasteiger partial charge in [-0.2, -0.15) is 4.68 Å². The minimum Gasteiger partial charge on any atom is -0.492 e. The van der Waals surface area contributed by atoms with Crippen molar-refractivity contribution < 1.29 is 22.6 Å². The van der Waals surface area contributed by atoms with E-state index >= 15 is 0 Å². The molecule has 3 rings (SSSR count). The second-order valence-corrected chi connectivity index (χ2v) is 7.61. The van der Waals surface area contributed by atoms with Gasteiger partial charge in [-0.25, -0.2) is 13.1 Å². The Hall–Kier alpha value is -2.24. The average Bonchev–Trinajstić information content (AvgIpc) is 3.35. The van der Waals surface area contributed by atoms with Crippen molar-refractivity contribution in [2.45, 2.75) is 37.7 Å². The standard InChI is InChI=1S/C16H23N5O5S/c1-3-24-14-9-16(27(22,23)18-10-12-6-5-7-26-12)15(25-4-2)8-13(14)21-11-17-19-20-21/h8-9,11-12,18H,3-7,10H2,1-2H3. The second-order valence-electron chi connectivity index (χ2n) is 5.87. The van der Waals surface area contributed by atoms with E-state index in [9.17, 15) is 8.42 Å². The molecule has 2 aromatic rings. The minimum absolute atomic E-state index is 0.00243. The van der Waals surface area contributed by atoms with Gasteiger partial charge in [0.15, 0.2) is 0 Å². The molecule has 2 heterocycles. The number of hydrogen-bond donors (Lipinski definition) is 1. The summed E-state index contributed by atoms with van der Waals surface area (Å²) < 4.78 is 46.5. The number of nitrogens with zero attached hydrogens (tertiary/aromatic N) is 4. The molecule has 27 heavy (non-hydrogen) atoms. The maximum atomic E-state index is 12.9. The van der Waals surface area contributed by atoms with Crippen molar-refractivity contribution in [1.29, 1.82) is 0 Å². The highest BCUT2D eigenvalue weighted by atomic mass is 32.2. The Labute approximate surface area is 157 Å². The summed E-state index contributed by atoms with van der Waals surface area (Å²) in [5, 5.41) is 11.1. The van der Waals surface area contributed by atoms with Crippen molar-refractivity contribution in [1.82, 2.24) is 24.9 Å². The predicted molar refractivity (Wildman–Crippen MR) is 95.7 cm³/mol. The molecule has 10 nitrogen and oxygen atoms in total. The van der Waals surface area contributed by atoms with Gasteiger partial charge in [0.2, 0.25) is 10.0 Å². The fraction of sp³-hybridized carbons (Fsp3) is 0.562. The number of hydrogen-bond acceptors (Lipinski definition) is 8. The van der Waals surface area contributed by atoms with Crippen LogP contribution in [0.3, 0.4) is 0 Å². The average molecular weight is 397 g/mol. The van der Waals surface area contributed by atoms with E-state index in [1.165, 1.54) is 17.1 Å². The molecule has 0 bridgehead atoms. The van der Waals surface area contributed by atoms with Crippen LogP contribution in [0.5, 0.6) is 11.5 Å². The third kappa shape index (κ3) is 4.54. The van der Waals surface area contributed by atoms with Crippen LogP contribution < -0.4 is 14.2 Å². The smallest absolute Gasteiger partial charge is 0.244 e. The Morgan fingerprint density at radius 2 is 2.04 bits per heavy atom. The van der Waals surface area contributed by atoms with E-state index in [0.29, 0.717) is 31.3 Å². The molecule has 1 aromatic carbocycles. The maximum absolute atomic E-state index is 12.9. The summed E-state index contributed by atoms with van der Waals surface area (Å²) in [6.07, 6.45) is 3.06. The van der Waals surface area contributed by atoms with Crippen molar-refractivity contribution in [2.75, 3.05) is 26.4 Å². The normalized spacial score (nSPS) is 17.2. The van der Waals surface area contributed by atoms with E-state index in [1.807, 2.05) is 6.92 Å². The van der Waals surface area contributed by atoms with Gasteiger partial charge in [-0.1, -0.05) is 0 Å². The molecule has 0 amide bonds. The van der Waals surface area contributed by atoms with Gasteiger partial charge in [-0.15, -0.1) is 5.10 Å². The first-order valence-corrected chi connectivity index (χ1v) is 10.3. The van der Waals surface area contributed by atoms with Gasteiger partial charge < -0.3 is 14.2 Å². The summed E-state index contributed by atoms with van der Waals surface area (Å²) in [6, 6.07) is 2.99. The van der Waals surface area contributed by atoms with Crippen LogP contribution in [0, 0.1) is 0 Å². The summed E-state index contributed by atoms with van der Waals surface area (Å²) >= 11 is 0. The first-order chi connectivity index (χ1) is 13.0. The zero-order valence-electron chi connectivity index (χ0n) is 15.3. The molecule has 0 aliphatic carbocycles. The lowest BCUT2D eigenvalue weighted by Gasteiger charge is -2.17. The van der Waals surface area contributed by atoms with Crippen molar-refractivity contribution in [2.24, 2.45) is 0 Å². The Morgan fingerprint density at radius 3 is 2.67 bits per heavy atom. The van der Waals surface area contributed by atoms with E-state index < -0.39 is 10.0 Å². The molecular formula is C16H23N5O5S. The largest absolute Gasteiger partial charge is 0.492 e. The molecule has 0 radical (unpaired) electrons. The molecule has 1 N–H and O–H groups in total. The first kappa shape index (κ1) is 19.5. The third-order valence-electron chi connectivity index (χ3n) is 4.04. The fourth-order valence-electron chi connectivity index (χ4n) is 2.82. The monoisotopic (exact) mass is 397 g/mol. The Balaban J connectivity index is 1.98. The summed E-state index contributed by atoms with van der Waals surface area (Å²) in [5.74, 6) is 0.539. The number of sulfonamides is 1. The number of rotatable bonds is 9. The van der Waals surface area contributed by atoms with E-state index in [0.717, 1.165) is 12.8 Å². The SMILES string of the molecule is CCOc1cc(S(=O)(=O)NCC2CCCO2)c(OCC)cc1-n1cnnn1. The maximum Gasteiger partial charge on any atom is 0.244 e. The molecular weight excluding hydrogens is 374 g/mol. The van der Waals surface area contributed by atoms with E-state index in [4.69, 9.17) is 14.2 Å². The number of nitrogens with one attached hydrogen (secondary N) is 1. The van der Waals surface area contributed by atoms with Crippen LogP contribution in [0.25, 0.3) is 5.69 Å². The highest BCUT2D eigenvalue weighted by Crippen LogP contribution is 2.34. The molecule has 11 heteroatoms. The predicted octanol–water partition coefficient (Wildman–Crippen LogP) is 0.917. The van der Waals surface area contributed by atoms with Crippen LogP contribution in [0.4, 0.5) is 0 Å². The van der Waals surface area contributed by atoms with Gasteiger partial charge in [0, 0.05) is 25.3 Å². The molecule has 1 fully saturated rings. The molecule has 1 aliphatic rings. The van der Waals surface area contributed by atoms with Gasteiger partial charge in [0.1, 0.15) is 28.4 Å². The van der Waals surface area contributed by atoms with E-state index in [-0.39, 0.29) is 23.3 Å². The number of ether oxygens (including phenoxy) is 3. The van der Waals surface area contributed by atoms with Gasteiger partial charge in [0.05, 0.1) is 19.3 Å². The summed E-state index contributed by atoms with van der Waals surface area (Å²) in [6.45, 7) is 5.12. The molecule has 1 aliphatic heterocycles. The molecule has 1 atom stereocenters. The van der Waals surface area contributed by atoms with Crippen molar-refractivity contribution >= 4 is 10.0 Å². The highest BCUT2D eigenvalue weighted by molar-refractivity contribution is 7.89. The Kier molecular flexibility index (Phi) is 6.24. The number of aromatic nitrogens is 4. The zero-order valence-corrected chi connectivity index (χ0v) is 16.1. The lowest BCUT2D eigenvalue weighted by Crippen LogP contribution is -2.32. The summed E-state index contributed by atoms with van der Waals surface area (Å²) in [5.41, 5.74) is 0.489. The summed E-state index contributed by atoms with van der Waals surface area (Å²) in [7, 11) is -3.82.